The Morgan fingerprint density at radius 2 is 0.846 bits per heavy atom. The highest BCUT2D eigenvalue weighted by atomic mass is 15.1. The van der Waals surface area contributed by atoms with Crippen molar-refractivity contribution in [1.82, 2.24) is 4.57 Å². The lowest BCUT2D eigenvalue weighted by atomic mass is 10.00. The summed E-state index contributed by atoms with van der Waals surface area (Å²) in [6.07, 6.45) is 0. The lowest BCUT2D eigenvalue weighted by Crippen LogP contribution is -2.09. The molecule has 2 nitrogen and oxygen atoms in total. The van der Waals surface area contributed by atoms with Crippen molar-refractivity contribution in [2.24, 2.45) is 0 Å². The van der Waals surface area contributed by atoms with Gasteiger partial charge in [-0.25, -0.2) is 0 Å². The number of rotatable bonds is 6. The van der Waals surface area contributed by atoms with Crippen LogP contribution < -0.4 is 4.90 Å². The van der Waals surface area contributed by atoms with Crippen LogP contribution in [0.2, 0.25) is 0 Å². The van der Waals surface area contributed by atoms with Gasteiger partial charge in [-0.15, -0.1) is 0 Å². The molecule has 2 heteroatoms. The van der Waals surface area contributed by atoms with Gasteiger partial charge in [-0.05, 0) is 111 Å². The Hall–Kier alpha value is -6.90. The van der Waals surface area contributed by atoms with Crippen molar-refractivity contribution in [3.63, 3.8) is 0 Å². The fourth-order valence-electron chi connectivity index (χ4n) is 7.83. The Bertz CT molecular complexity index is 2870. The Balaban J connectivity index is 1.03. The largest absolute Gasteiger partial charge is 0.311 e. The molecule has 0 radical (unpaired) electrons. The monoisotopic (exact) mass is 662 g/mol. The summed E-state index contributed by atoms with van der Waals surface area (Å²) in [5.74, 6) is 0. The van der Waals surface area contributed by atoms with E-state index in [0.29, 0.717) is 0 Å². The minimum absolute atomic E-state index is 1.12. The van der Waals surface area contributed by atoms with Gasteiger partial charge in [0.1, 0.15) is 0 Å². The molecule has 0 saturated carbocycles. The standard InChI is InChI=1S/C50H34N2/c1-3-11-35(12-4-1)36-21-27-43(28-22-36)51(42-14-5-2-6-15-42)44-29-23-37(24-30-44)40-20-19-38-25-31-45(34-41(38)33-40)52-48-18-10-9-17-47(48)50-46-16-8-7-13-39(46)26-32-49(50)52/h1-34H. The number of fused-ring (bicyclic) bond motifs is 6. The zero-order valence-electron chi connectivity index (χ0n) is 28.5. The van der Waals surface area contributed by atoms with Crippen LogP contribution in [0.4, 0.5) is 17.1 Å². The second-order valence-corrected chi connectivity index (χ2v) is 13.4. The highest BCUT2D eigenvalue weighted by molar-refractivity contribution is 6.21. The van der Waals surface area contributed by atoms with Crippen LogP contribution in [0.25, 0.3) is 71.3 Å². The second-order valence-electron chi connectivity index (χ2n) is 13.4. The summed E-state index contributed by atoms with van der Waals surface area (Å²) in [6.45, 7) is 0. The Kier molecular flexibility index (Phi) is 7.18. The van der Waals surface area contributed by atoms with Crippen molar-refractivity contribution in [3.05, 3.63) is 206 Å². The topological polar surface area (TPSA) is 8.17 Å². The molecule has 1 aromatic heterocycles. The number of aromatic nitrogens is 1. The molecule has 10 aromatic rings. The van der Waals surface area contributed by atoms with Crippen LogP contribution in [-0.2, 0) is 0 Å². The average molecular weight is 663 g/mol. The number of anilines is 3. The van der Waals surface area contributed by atoms with Gasteiger partial charge in [0.25, 0.3) is 0 Å². The van der Waals surface area contributed by atoms with Crippen LogP contribution in [0, 0.1) is 0 Å². The molecule has 0 bridgehead atoms. The van der Waals surface area contributed by atoms with E-state index in [4.69, 9.17) is 0 Å². The SMILES string of the molecule is c1ccc(-c2ccc(N(c3ccccc3)c3ccc(-c4ccc5ccc(-n6c7ccccc7c7c8ccccc8ccc76)cc5c4)cc3)cc2)cc1. The lowest BCUT2D eigenvalue weighted by molar-refractivity contribution is 1.19. The third-order valence-electron chi connectivity index (χ3n) is 10.4. The zero-order valence-corrected chi connectivity index (χ0v) is 28.5. The summed E-state index contributed by atoms with van der Waals surface area (Å²) in [5.41, 5.74) is 11.8. The molecule has 0 unspecified atom stereocenters. The van der Waals surface area contributed by atoms with Crippen LogP contribution in [0.3, 0.4) is 0 Å². The van der Waals surface area contributed by atoms with Crippen LogP contribution in [-0.4, -0.2) is 4.57 Å². The molecule has 52 heavy (non-hydrogen) atoms. The number of hydrogen-bond acceptors (Lipinski definition) is 1. The molecule has 244 valence electrons. The highest BCUT2D eigenvalue weighted by Gasteiger charge is 2.16. The van der Waals surface area contributed by atoms with E-state index in [1.54, 1.807) is 0 Å². The summed E-state index contributed by atoms with van der Waals surface area (Å²) >= 11 is 0. The number of benzene rings is 9. The van der Waals surface area contributed by atoms with Gasteiger partial charge >= 0.3 is 0 Å². The predicted molar refractivity (Wildman–Crippen MR) is 221 cm³/mol. The average Bonchev–Trinajstić information content (AvgIpc) is 3.57. The molecule has 0 saturated heterocycles. The van der Waals surface area contributed by atoms with Crippen molar-refractivity contribution in [2.45, 2.75) is 0 Å². The van der Waals surface area contributed by atoms with Gasteiger partial charge in [0.05, 0.1) is 11.0 Å². The van der Waals surface area contributed by atoms with E-state index in [1.165, 1.54) is 71.3 Å². The first-order valence-corrected chi connectivity index (χ1v) is 17.8. The number of nitrogens with zero attached hydrogens (tertiary/aromatic N) is 2. The molecule has 0 spiro atoms. The van der Waals surface area contributed by atoms with Crippen LogP contribution in [0.5, 0.6) is 0 Å². The first kappa shape index (κ1) is 30.0. The minimum Gasteiger partial charge on any atom is -0.311 e. The third kappa shape index (κ3) is 5.12. The van der Waals surface area contributed by atoms with Gasteiger partial charge in [0, 0.05) is 33.5 Å². The molecule has 0 atom stereocenters. The zero-order chi connectivity index (χ0) is 34.4. The van der Waals surface area contributed by atoms with Gasteiger partial charge in [0.2, 0.25) is 0 Å². The highest BCUT2D eigenvalue weighted by Crippen LogP contribution is 2.39. The Morgan fingerprint density at radius 3 is 1.60 bits per heavy atom. The summed E-state index contributed by atoms with van der Waals surface area (Å²) < 4.78 is 2.42. The fourth-order valence-corrected chi connectivity index (χ4v) is 7.83. The molecule has 0 amide bonds. The molecular formula is C50H34N2. The second kappa shape index (κ2) is 12.5. The maximum absolute atomic E-state index is 2.42. The minimum atomic E-state index is 1.12. The van der Waals surface area contributed by atoms with E-state index in [0.717, 1.165) is 17.1 Å². The first-order chi connectivity index (χ1) is 25.8. The van der Waals surface area contributed by atoms with Crippen LogP contribution >= 0.6 is 0 Å². The van der Waals surface area contributed by atoms with E-state index in [2.05, 4.69) is 216 Å². The molecule has 0 aliphatic rings. The van der Waals surface area contributed by atoms with Crippen LogP contribution in [0.15, 0.2) is 206 Å². The van der Waals surface area contributed by atoms with Gasteiger partial charge in [-0.3, -0.25) is 0 Å². The molecule has 0 aliphatic heterocycles. The molecule has 9 aromatic carbocycles. The molecule has 0 N–H and O–H groups in total. The van der Waals surface area contributed by atoms with Crippen molar-refractivity contribution in [1.29, 1.82) is 0 Å². The maximum Gasteiger partial charge on any atom is 0.0547 e. The Labute approximate surface area is 303 Å². The number of hydrogen-bond donors (Lipinski definition) is 0. The molecule has 10 rings (SSSR count). The van der Waals surface area contributed by atoms with Crippen molar-refractivity contribution in [2.75, 3.05) is 4.90 Å². The van der Waals surface area contributed by atoms with E-state index in [9.17, 15) is 0 Å². The first-order valence-electron chi connectivity index (χ1n) is 17.8. The lowest BCUT2D eigenvalue weighted by Gasteiger charge is -2.26. The quantitative estimate of drug-likeness (QED) is 0.172. The normalized spacial score (nSPS) is 11.5. The Morgan fingerprint density at radius 1 is 0.308 bits per heavy atom. The smallest absolute Gasteiger partial charge is 0.0547 e. The van der Waals surface area contributed by atoms with Gasteiger partial charge in [0.15, 0.2) is 0 Å². The third-order valence-corrected chi connectivity index (χ3v) is 10.4. The van der Waals surface area contributed by atoms with Gasteiger partial charge in [-0.2, -0.15) is 0 Å². The summed E-state index contributed by atoms with van der Waals surface area (Å²) in [5, 5.41) is 7.58. The summed E-state index contributed by atoms with van der Waals surface area (Å²) in [7, 11) is 0. The van der Waals surface area contributed by atoms with Crippen molar-refractivity contribution >= 4 is 60.4 Å². The van der Waals surface area contributed by atoms with Gasteiger partial charge in [-0.1, -0.05) is 140 Å². The van der Waals surface area contributed by atoms with E-state index >= 15 is 0 Å². The van der Waals surface area contributed by atoms with Crippen molar-refractivity contribution < 1.29 is 0 Å². The van der Waals surface area contributed by atoms with Gasteiger partial charge < -0.3 is 9.47 Å². The van der Waals surface area contributed by atoms with E-state index < -0.39 is 0 Å². The van der Waals surface area contributed by atoms with E-state index in [-0.39, 0.29) is 0 Å². The van der Waals surface area contributed by atoms with Crippen molar-refractivity contribution in [3.8, 4) is 27.9 Å². The molecule has 1 heterocycles. The molecule has 0 fully saturated rings. The fraction of sp³-hybridized carbons (Fsp3) is 0. The van der Waals surface area contributed by atoms with E-state index in [1.807, 2.05) is 0 Å². The molecule has 0 aliphatic carbocycles. The molecular weight excluding hydrogens is 629 g/mol. The maximum atomic E-state index is 2.42. The summed E-state index contributed by atoms with van der Waals surface area (Å²) in [6, 6.07) is 74.6. The van der Waals surface area contributed by atoms with Crippen LogP contribution in [0.1, 0.15) is 0 Å². The summed E-state index contributed by atoms with van der Waals surface area (Å²) in [4.78, 5) is 2.32. The predicted octanol–water partition coefficient (Wildman–Crippen LogP) is 13.9. The number of para-hydroxylation sites is 2.